The highest BCUT2D eigenvalue weighted by atomic mass is 16.6. The van der Waals surface area contributed by atoms with Crippen LogP contribution in [0.25, 0.3) is 22.4 Å². The number of benzene rings is 2. The summed E-state index contributed by atoms with van der Waals surface area (Å²) in [5.41, 5.74) is 9.71. The van der Waals surface area contributed by atoms with Crippen molar-refractivity contribution < 1.29 is 4.92 Å². The Morgan fingerprint density at radius 2 is 1.55 bits per heavy atom. The van der Waals surface area contributed by atoms with E-state index in [-0.39, 0.29) is 5.69 Å². The number of anilines is 1. The van der Waals surface area contributed by atoms with Gasteiger partial charge in [-0.3, -0.25) is 10.1 Å². The topological polar surface area (TPSA) is 94.9 Å². The molecule has 0 aliphatic rings. The summed E-state index contributed by atoms with van der Waals surface area (Å²) in [6.07, 6.45) is 1.59. The van der Waals surface area contributed by atoms with Crippen LogP contribution in [0.2, 0.25) is 0 Å². The van der Waals surface area contributed by atoms with E-state index in [0.29, 0.717) is 11.4 Å². The number of nitrogens with two attached hydrogens (primary N) is 1. The Labute approximate surface area is 126 Å². The lowest BCUT2D eigenvalue weighted by atomic mass is 10.00. The van der Waals surface area contributed by atoms with Crippen LogP contribution in [0.1, 0.15) is 0 Å². The summed E-state index contributed by atoms with van der Waals surface area (Å²) in [5.74, 6) is 0. The van der Waals surface area contributed by atoms with Gasteiger partial charge in [0.15, 0.2) is 0 Å². The third-order valence-electron chi connectivity index (χ3n) is 3.29. The summed E-state index contributed by atoms with van der Waals surface area (Å²) in [6.45, 7) is 0. The maximum absolute atomic E-state index is 10.7. The lowest BCUT2D eigenvalue weighted by Crippen LogP contribution is -1.93. The van der Waals surface area contributed by atoms with E-state index in [9.17, 15) is 10.1 Å². The largest absolute Gasteiger partial charge is 0.399 e. The van der Waals surface area contributed by atoms with Gasteiger partial charge in [-0.05, 0) is 35.9 Å². The molecular formula is C16H12N4O2. The molecule has 0 saturated heterocycles. The fraction of sp³-hybridized carbons (Fsp3) is 0. The van der Waals surface area contributed by atoms with E-state index < -0.39 is 4.92 Å². The minimum atomic E-state index is -0.421. The number of aromatic nitrogens is 2. The first-order chi connectivity index (χ1) is 10.6. The second-order valence-electron chi connectivity index (χ2n) is 4.72. The van der Waals surface area contributed by atoms with Gasteiger partial charge in [-0.2, -0.15) is 5.10 Å². The average Bonchev–Trinajstić information content (AvgIpc) is 2.56. The fourth-order valence-electron chi connectivity index (χ4n) is 2.18. The van der Waals surface area contributed by atoms with E-state index in [4.69, 9.17) is 5.73 Å². The van der Waals surface area contributed by atoms with Crippen LogP contribution < -0.4 is 5.73 Å². The van der Waals surface area contributed by atoms with Crippen LogP contribution in [0, 0.1) is 10.1 Å². The van der Waals surface area contributed by atoms with Crippen molar-refractivity contribution >= 4 is 11.4 Å². The van der Waals surface area contributed by atoms with E-state index in [1.54, 1.807) is 30.5 Å². The van der Waals surface area contributed by atoms with E-state index in [2.05, 4.69) is 10.2 Å². The van der Waals surface area contributed by atoms with Crippen LogP contribution in [0.4, 0.5) is 11.4 Å². The molecule has 22 heavy (non-hydrogen) atoms. The molecule has 0 saturated carbocycles. The van der Waals surface area contributed by atoms with Gasteiger partial charge >= 0.3 is 0 Å². The number of hydrogen-bond acceptors (Lipinski definition) is 5. The normalized spacial score (nSPS) is 10.4. The number of nitrogens with zero attached hydrogens (tertiary/aromatic N) is 3. The zero-order valence-corrected chi connectivity index (χ0v) is 11.5. The highest BCUT2D eigenvalue weighted by Crippen LogP contribution is 2.30. The maximum atomic E-state index is 10.7. The molecule has 0 aliphatic heterocycles. The Balaban J connectivity index is 2.08. The van der Waals surface area contributed by atoms with Crippen LogP contribution in [0.5, 0.6) is 0 Å². The number of rotatable bonds is 3. The molecule has 6 heteroatoms. The molecule has 2 N–H and O–H groups in total. The Morgan fingerprint density at radius 3 is 2.18 bits per heavy atom. The predicted octanol–water partition coefficient (Wildman–Crippen LogP) is 3.30. The lowest BCUT2D eigenvalue weighted by Gasteiger charge is -2.08. The summed E-state index contributed by atoms with van der Waals surface area (Å²) in [7, 11) is 0. The lowest BCUT2D eigenvalue weighted by molar-refractivity contribution is -0.384. The molecule has 0 radical (unpaired) electrons. The Morgan fingerprint density at radius 1 is 0.909 bits per heavy atom. The molecule has 0 fully saturated rings. The Kier molecular flexibility index (Phi) is 3.49. The smallest absolute Gasteiger partial charge is 0.269 e. The van der Waals surface area contributed by atoms with Crippen LogP contribution >= 0.6 is 0 Å². The standard InChI is InChI=1S/C16H12N4O2/c17-13-5-1-12(2-6-13)16-15(9-10-18-19-16)11-3-7-14(8-4-11)20(21)22/h1-10H,17H2. The van der Waals surface area contributed by atoms with Crippen molar-refractivity contribution in [2.24, 2.45) is 0 Å². The second kappa shape index (κ2) is 5.61. The number of nitrogen functional groups attached to an aromatic ring is 1. The first kappa shape index (κ1) is 13.7. The van der Waals surface area contributed by atoms with Gasteiger partial charge in [-0.1, -0.05) is 12.1 Å². The molecule has 1 heterocycles. The third-order valence-corrected chi connectivity index (χ3v) is 3.29. The third kappa shape index (κ3) is 2.62. The number of hydrogen-bond donors (Lipinski definition) is 1. The Hall–Kier alpha value is -3.28. The predicted molar refractivity (Wildman–Crippen MR) is 84.0 cm³/mol. The minimum absolute atomic E-state index is 0.0554. The first-order valence-corrected chi connectivity index (χ1v) is 6.57. The van der Waals surface area contributed by atoms with E-state index in [1.165, 1.54) is 12.1 Å². The summed E-state index contributed by atoms with van der Waals surface area (Å²) in [4.78, 5) is 10.3. The summed E-state index contributed by atoms with van der Waals surface area (Å²) >= 11 is 0. The molecule has 0 aliphatic carbocycles. The molecule has 0 spiro atoms. The molecule has 2 aromatic carbocycles. The van der Waals surface area contributed by atoms with Gasteiger partial charge in [0, 0.05) is 28.9 Å². The van der Waals surface area contributed by atoms with Gasteiger partial charge in [0.05, 0.1) is 11.1 Å². The van der Waals surface area contributed by atoms with Gasteiger partial charge in [0.25, 0.3) is 5.69 Å². The average molecular weight is 292 g/mol. The van der Waals surface area contributed by atoms with Crippen molar-refractivity contribution in [1.82, 2.24) is 10.2 Å². The zero-order valence-electron chi connectivity index (χ0n) is 11.5. The number of nitro groups is 1. The van der Waals surface area contributed by atoms with Gasteiger partial charge < -0.3 is 5.73 Å². The van der Waals surface area contributed by atoms with Crippen molar-refractivity contribution in [2.45, 2.75) is 0 Å². The van der Waals surface area contributed by atoms with E-state index >= 15 is 0 Å². The first-order valence-electron chi connectivity index (χ1n) is 6.57. The van der Waals surface area contributed by atoms with Crippen LogP contribution in [-0.4, -0.2) is 15.1 Å². The maximum Gasteiger partial charge on any atom is 0.269 e. The quantitative estimate of drug-likeness (QED) is 0.454. The van der Waals surface area contributed by atoms with Crippen molar-refractivity contribution in [3.8, 4) is 22.4 Å². The summed E-state index contributed by atoms with van der Waals surface area (Å²) in [6, 6.07) is 15.5. The number of nitro benzene ring substituents is 1. The molecule has 3 rings (SSSR count). The fourth-order valence-corrected chi connectivity index (χ4v) is 2.18. The second-order valence-corrected chi connectivity index (χ2v) is 4.72. The molecule has 0 atom stereocenters. The monoisotopic (exact) mass is 292 g/mol. The van der Waals surface area contributed by atoms with E-state index in [0.717, 1.165) is 16.7 Å². The molecule has 1 aromatic heterocycles. The van der Waals surface area contributed by atoms with Crippen LogP contribution in [-0.2, 0) is 0 Å². The van der Waals surface area contributed by atoms with Crippen molar-refractivity contribution in [1.29, 1.82) is 0 Å². The SMILES string of the molecule is Nc1ccc(-c2nnccc2-c2ccc([N+](=O)[O-])cc2)cc1. The minimum Gasteiger partial charge on any atom is -0.399 e. The number of non-ortho nitro benzene ring substituents is 1. The van der Waals surface area contributed by atoms with Crippen molar-refractivity contribution in [2.75, 3.05) is 5.73 Å². The van der Waals surface area contributed by atoms with Crippen molar-refractivity contribution in [3.05, 3.63) is 70.9 Å². The molecule has 6 nitrogen and oxygen atoms in total. The van der Waals surface area contributed by atoms with Gasteiger partial charge in [0.1, 0.15) is 5.69 Å². The van der Waals surface area contributed by atoms with Crippen LogP contribution in [0.3, 0.4) is 0 Å². The zero-order chi connectivity index (χ0) is 15.5. The van der Waals surface area contributed by atoms with Gasteiger partial charge in [-0.15, -0.1) is 5.10 Å². The molecule has 3 aromatic rings. The molecule has 0 unspecified atom stereocenters. The molecule has 0 bridgehead atoms. The highest BCUT2D eigenvalue weighted by molar-refractivity contribution is 5.80. The summed E-state index contributed by atoms with van der Waals surface area (Å²) < 4.78 is 0. The van der Waals surface area contributed by atoms with Crippen molar-refractivity contribution in [3.63, 3.8) is 0 Å². The van der Waals surface area contributed by atoms with Gasteiger partial charge in [-0.25, -0.2) is 0 Å². The Bertz CT molecular complexity index is 814. The summed E-state index contributed by atoms with van der Waals surface area (Å²) in [5, 5.41) is 18.9. The molecule has 108 valence electrons. The molecule has 0 amide bonds. The van der Waals surface area contributed by atoms with E-state index in [1.807, 2.05) is 18.2 Å². The highest BCUT2D eigenvalue weighted by Gasteiger charge is 2.11. The molecular weight excluding hydrogens is 280 g/mol. The van der Waals surface area contributed by atoms with Gasteiger partial charge in [0.2, 0.25) is 0 Å². The van der Waals surface area contributed by atoms with Crippen LogP contribution in [0.15, 0.2) is 60.8 Å².